The second-order valence-corrected chi connectivity index (χ2v) is 5.71. The van der Waals surface area contributed by atoms with E-state index in [0.717, 1.165) is 50.6 Å². The normalized spacial score (nSPS) is 18.9. The molecular weight excluding hydrogens is 264 g/mol. The molecule has 4 heteroatoms. The number of hydrogen-bond donors (Lipinski definition) is 1. The zero-order valence-corrected chi connectivity index (χ0v) is 12.9. The Morgan fingerprint density at radius 3 is 2.95 bits per heavy atom. The van der Waals surface area contributed by atoms with Crippen molar-refractivity contribution in [2.24, 2.45) is 0 Å². The minimum absolute atomic E-state index is 0.519. The van der Waals surface area contributed by atoms with Crippen molar-refractivity contribution in [3.05, 3.63) is 35.6 Å². The van der Waals surface area contributed by atoms with E-state index in [2.05, 4.69) is 36.3 Å². The van der Waals surface area contributed by atoms with Crippen LogP contribution in [0.15, 0.2) is 28.7 Å². The fourth-order valence-corrected chi connectivity index (χ4v) is 2.95. The number of benzene rings is 1. The van der Waals surface area contributed by atoms with E-state index in [-0.39, 0.29) is 0 Å². The van der Waals surface area contributed by atoms with Crippen molar-refractivity contribution in [1.82, 2.24) is 10.2 Å². The van der Waals surface area contributed by atoms with Gasteiger partial charge < -0.3 is 14.5 Å². The van der Waals surface area contributed by atoms with Gasteiger partial charge in [-0.15, -0.1) is 0 Å². The Kier molecular flexibility index (Phi) is 4.58. The quantitative estimate of drug-likeness (QED) is 0.887. The zero-order valence-electron chi connectivity index (χ0n) is 12.9. The summed E-state index contributed by atoms with van der Waals surface area (Å²) in [5.74, 6) is 1.06. The number of likely N-dealkylation sites (N-methyl/N-ethyl adjacent to an activating group) is 1. The van der Waals surface area contributed by atoms with Gasteiger partial charge in [0.25, 0.3) is 0 Å². The van der Waals surface area contributed by atoms with Crippen LogP contribution in [0.1, 0.15) is 24.7 Å². The molecule has 1 unspecified atom stereocenters. The third kappa shape index (κ3) is 3.12. The average molecular weight is 288 g/mol. The van der Waals surface area contributed by atoms with Crippen LogP contribution < -0.4 is 5.32 Å². The summed E-state index contributed by atoms with van der Waals surface area (Å²) in [6.45, 7) is 6.48. The number of furan rings is 1. The molecule has 1 atom stereocenters. The van der Waals surface area contributed by atoms with Gasteiger partial charge in [0.1, 0.15) is 11.3 Å². The molecule has 1 aromatic carbocycles. The fourth-order valence-electron chi connectivity index (χ4n) is 2.95. The molecule has 0 amide bonds. The van der Waals surface area contributed by atoms with E-state index in [9.17, 15) is 0 Å². The largest absolute Gasteiger partial charge is 0.459 e. The van der Waals surface area contributed by atoms with Crippen molar-refractivity contribution in [2.75, 3.05) is 26.8 Å². The molecule has 0 saturated carbocycles. The van der Waals surface area contributed by atoms with Gasteiger partial charge in [-0.05, 0) is 26.1 Å². The van der Waals surface area contributed by atoms with Crippen molar-refractivity contribution in [2.45, 2.75) is 32.5 Å². The predicted octanol–water partition coefficient (Wildman–Crippen LogP) is 2.76. The topological polar surface area (TPSA) is 37.6 Å². The Bertz CT molecular complexity index is 587. The van der Waals surface area contributed by atoms with E-state index in [1.54, 1.807) is 0 Å². The average Bonchev–Trinajstić information content (AvgIpc) is 3.14. The smallest absolute Gasteiger partial charge is 0.134 e. The Balaban J connectivity index is 1.86. The van der Waals surface area contributed by atoms with Crippen LogP contribution in [-0.4, -0.2) is 37.7 Å². The van der Waals surface area contributed by atoms with Gasteiger partial charge in [-0.2, -0.15) is 0 Å². The van der Waals surface area contributed by atoms with E-state index < -0.39 is 0 Å². The molecular formula is C17H24N2O2. The molecule has 1 saturated heterocycles. The molecule has 114 valence electrons. The van der Waals surface area contributed by atoms with Crippen LogP contribution in [0.5, 0.6) is 0 Å². The van der Waals surface area contributed by atoms with Crippen LogP contribution in [-0.2, 0) is 17.8 Å². The van der Waals surface area contributed by atoms with E-state index >= 15 is 0 Å². The number of hydrogen-bond acceptors (Lipinski definition) is 4. The van der Waals surface area contributed by atoms with Crippen molar-refractivity contribution < 1.29 is 9.15 Å². The van der Waals surface area contributed by atoms with E-state index in [1.165, 1.54) is 10.9 Å². The van der Waals surface area contributed by atoms with E-state index in [4.69, 9.17) is 9.15 Å². The van der Waals surface area contributed by atoms with Crippen LogP contribution in [0, 0.1) is 0 Å². The molecule has 1 aromatic heterocycles. The van der Waals surface area contributed by atoms with Crippen molar-refractivity contribution in [3.63, 3.8) is 0 Å². The van der Waals surface area contributed by atoms with Gasteiger partial charge in [-0.3, -0.25) is 4.90 Å². The molecule has 21 heavy (non-hydrogen) atoms. The summed E-state index contributed by atoms with van der Waals surface area (Å²) in [5, 5.41) is 4.60. The van der Waals surface area contributed by atoms with E-state index in [0.29, 0.717) is 6.04 Å². The summed E-state index contributed by atoms with van der Waals surface area (Å²) < 4.78 is 11.5. The Morgan fingerprint density at radius 1 is 1.33 bits per heavy atom. The molecule has 0 radical (unpaired) electrons. The highest BCUT2D eigenvalue weighted by atomic mass is 16.5. The lowest BCUT2D eigenvalue weighted by atomic mass is 10.1. The maximum Gasteiger partial charge on any atom is 0.134 e. The minimum atomic E-state index is 0.519. The number of ether oxygens (including phenoxy) is 1. The molecule has 0 aliphatic carbocycles. The van der Waals surface area contributed by atoms with Crippen molar-refractivity contribution >= 4 is 11.0 Å². The molecule has 1 fully saturated rings. The Morgan fingerprint density at radius 2 is 2.19 bits per heavy atom. The highest BCUT2D eigenvalue weighted by Gasteiger charge is 2.23. The lowest BCUT2D eigenvalue weighted by molar-refractivity contribution is 0.156. The number of para-hydroxylation sites is 1. The summed E-state index contributed by atoms with van der Waals surface area (Å²) in [4.78, 5) is 2.39. The molecule has 4 nitrogen and oxygen atoms in total. The van der Waals surface area contributed by atoms with Gasteiger partial charge in [-0.25, -0.2) is 0 Å². The first-order valence-electron chi connectivity index (χ1n) is 7.77. The number of fused-ring (bicyclic) bond motifs is 1. The van der Waals surface area contributed by atoms with Gasteiger partial charge >= 0.3 is 0 Å². The van der Waals surface area contributed by atoms with Gasteiger partial charge in [0, 0.05) is 30.1 Å². The van der Waals surface area contributed by atoms with Crippen molar-refractivity contribution in [1.29, 1.82) is 0 Å². The second-order valence-electron chi connectivity index (χ2n) is 5.71. The standard InChI is InChI=1S/C17H24N2O2/c1-3-18-10-17-15(11-19(2)13-8-9-20-12-13)14-6-4-5-7-16(14)21-17/h4-7,13,18H,3,8-12H2,1-2H3. The summed E-state index contributed by atoms with van der Waals surface area (Å²) in [7, 11) is 2.18. The summed E-state index contributed by atoms with van der Waals surface area (Å²) >= 11 is 0. The maximum absolute atomic E-state index is 6.04. The van der Waals surface area contributed by atoms with Crippen LogP contribution in [0.2, 0.25) is 0 Å². The number of nitrogens with one attached hydrogen (secondary N) is 1. The highest BCUT2D eigenvalue weighted by Crippen LogP contribution is 2.28. The molecule has 0 bridgehead atoms. The SMILES string of the molecule is CCNCc1oc2ccccc2c1CN(C)C1CCOC1. The van der Waals surface area contributed by atoms with Gasteiger partial charge in [-0.1, -0.05) is 25.1 Å². The fraction of sp³-hybridized carbons (Fsp3) is 0.529. The summed E-state index contributed by atoms with van der Waals surface area (Å²) in [6, 6.07) is 8.83. The third-order valence-electron chi connectivity index (χ3n) is 4.25. The van der Waals surface area contributed by atoms with Crippen molar-refractivity contribution in [3.8, 4) is 0 Å². The summed E-state index contributed by atoms with van der Waals surface area (Å²) in [5.41, 5.74) is 2.29. The molecule has 2 aromatic rings. The summed E-state index contributed by atoms with van der Waals surface area (Å²) in [6.07, 6.45) is 1.12. The third-order valence-corrected chi connectivity index (χ3v) is 4.25. The number of nitrogens with zero attached hydrogens (tertiary/aromatic N) is 1. The number of rotatable bonds is 6. The minimum Gasteiger partial charge on any atom is -0.459 e. The van der Waals surface area contributed by atoms with Crippen LogP contribution in [0.3, 0.4) is 0 Å². The first-order valence-corrected chi connectivity index (χ1v) is 7.77. The Labute approximate surface area is 126 Å². The lowest BCUT2D eigenvalue weighted by Crippen LogP contribution is -2.31. The van der Waals surface area contributed by atoms with Crippen LogP contribution in [0.4, 0.5) is 0 Å². The first kappa shape index (κ1) is 14.6. The predicted molar refractivity (Wildman–Crippen MR) is 84.3 cm³/mol. The lowest BCUT2D eigenvalue weighted by Gasteiger charge is -2.22. The molecule has 1 aliphatic heterocycles. The highest BCUT2D eigenvalue weighted by molar-refractivity contribution is 5.82. The molecule has 0 spiro atoms. The maximum atomic E-state index is 6.04. The second kappa shape index (κ2) is 6.60. The van der Waals surface area contributed by atoms with E-state index in [1.807, 2.05) is 12.1 Å². The molecule has 1 N–H and O–H groups in total. The van der Waals surface area contributed by atoms with Gasteiger partial charge in [0.05, 0.1) is 13.2 Å². The molecule has 2 heterocycles. The monoisotopic (exact) mass is 288 g/mol. The molecule has 3 rings (SSSR count). The van der Waals surface area contributed by atoms with Gasteiger partial charge in [0.15, 0.2) is 0 Å². The first-order chi connectivity index (χ1) is 10.3. The van der Waals surface area contributed by atoms with Crippen LogP contribution in [0.25, 0.3) is 11.0 Å². The molecule has 1 aliphatic rings. The van der Waals surface area contributed by atoms with Crippen LogP contribution >= 0.6 is 0 Å². The van der Waals surface area contributed by atoms with Gasteiger partial charge in [0.2, 0.25) is 0 Å². The Hall–Kier alpha value is -1.36. The zero-order chi connectivity index (χ0) is 14.7.